The molecule has 0 atom stereocenters. The van der Waals surface area contributed by atoms with Gasteiger partial charge in [-0.15, -0.1) is 0 Å². The molecule has 166 valence electrons. The number of carbonyl (C=O) groups is 2. The van der Waals surface area contributed by atoms with E-state index in [0.717, 1.165) is 12.8 Å². The highest BCUT2D eigenvalue weighted by Crippen LogP contribution is 2.26. The van der Waals surface area contributed by atoms with E-state index in [1.165, 1.54) is 34.8 Å². The summed E-state index contributed by atoms with van der Waals surface area (Å²) < 4.78 is 32.1. The van der Waals surface area contributed by atoms with Gasteiger partial charge in [0.25, 0.3) is 11.8 Å². The third kappa shape index (κ3) is 4.69. The summed E-state index contributed by atoms with van der Waals surface area (Å²) in [5.41, 5.74) is 0.883. The van der Waals surface area contributed by atoms with Gasteiger partial charge >= 0.3 is 0 Å². The highest BCUT2D eigenvalue weighted by molar-refractivity contribution is 7.89. The number of nitrogens with zero attached hydrogens (tertiary/aromatic N) is 1. The maximum atomic E-state index is 12.8. The van der Waals surface area contributed by atoms with E-state index in [1.54, 1.807) is 30.3 Å². The Morgan fingerprint density at radius 1 is 0.906 bits per heavy atom. The van der Waals surface area contributed by atoms with Crippen LogP contribution in [0.4, 0.5) is 11.4 Å². The summed E-state index contributed by atoms with van der Waals surface area (Å²) in [6.07, 6.45) is 3.02. The van der Waals surface area contributed by atoms with Gasteiger partial charge < -0.3 is 15.1 Å². The minimum absolute atomic E-state index is 0.0217. The number of furan rings is 1. The van der Waals surface area contributed by atoms with Crippen LogP contribution in [-0.4, -0.2) is 37.6 Å². The smallest absolute Gasteiger partial charge is 0.291 e. The molecule has 1 fully saturated rings. The van der Waals surface area contributed by atoms with Crippen molar-refractivity contribution in [1.82, 2.24) is 4.31 Å². The monoisotopic (exact) mass is 473 g/mol. The van der Waals surface area contributed by atoms with E-state index < -0.39 is 21.8 Å². The first kappa shape index (κ1) is 22.1. The highest BCUT2D eigenvalue weighted by Gasteiger charge is 2.28. The van der Waals surface area contributed by atoms with Gasteiger partial charge in [0, 0.05) is 24.5 Å². The Labute approximate surface area is 190 Å². The van der Waals surface area contributed by atoms with E-state index >= 15 is 0 Å². The average molecular weight is 474 g/mol. The molecular formula is C22H20ClN3O5S. The zero-order valence-corrected chi connectivity index (χ0v) is 18.4. The fraction of sp³-hybridized carbons (Fsp3) is 0.182. The van der Waals surface area contributed by atoms with Gasteiger partial charge in [0.1, 0.15) is 0 Å². The Hall–Kier alpha value is -3.14. The number of hydrogen-bond donors (Lipinski definition) is 2. The number of halogens is 1. The van der Waals surface area contributed by atoms with Gasteiger partial charge in [-0.1, -0.05) is 17.7 Å². The Morgan fingerprint density at radius 3 is 2.25 bits per heavy atom. The molecule has 1 aliphatic rings. The van der Waals surface area contributed by atoms with E-state index in [0.29, 0.717) is 24.5 Å². The number of amides is 2. The predicted octanol–water partition coefficient (Wildman–Crippen LogP) is 4.22. The lowest BCUT2D eigenvalue weighted by Crippen LogP contribution is -2.28. The van der Waals surface area contributed by atoms with Crippen LogP contribution in [0.25, 0.3) is 0 Å². The molecule has 0 aliphatic carbocycles. The van der Waals surface area contributed by atoms with Gasteiger partial charge in [0.15, 0.2) is 5.76 Å². The van der Waals surface area contributed by atoms with Crippen LogP contribution in [0.5, 0.6) is 0 Å². The molecule has 1 saturated heterocycles. The molecule has 32 heavy (non-hydrogen) atoms. The zero-order chi connectivity index (χ0) is 22.7. The van der Waals surface area contributed by atoms with E-state index in [9.17, 15) is 18.0 Å². The molecule has 2 amide bonds. The van der Waals surface area contributed by atoms with Crippen LogP contribution in [0.3, 0.4) is 0 Å². The molecule has 1 aliphatic heterocycles. The highest BCUT2D eigenvalue weighted by atomic mass is 35.5. The molecule has 0 spiro atoms. The average Bonchev–Trinajstić information content (AvgIpc) is 3.48. The van der Waals surface area contributed by atoms with Gasteiger partial charge in [-0.3, -0.25) is 9.59 Å². The maximum Gasteiger partial charge on any atom is 0.291 e. The van der Waals surface area contributed by atoms with Crippen molar-refractivity contribution in [3.8, 4) is 0 Å². The minimum atomic E-state index is -3.69. The predicted molar refractivity (Wildman–Crippen MR) is 121 cm³/mol. The molecule has 2 N–H and O–H groups in total. The summed E-state index contributed by atoms with van der Waals surface area (Å²) in [7, 11) is -3.69. The molecule has 0 unspecified atom stereocenters. The lowest BCUT2D eigenvalue weighted by atomic mass is 10.2. The number of nitrogens with one attached hydrogen (secondary N) is 2. The summed E-state index contributed by atoms with van der Waals surface area (Å²) in [5.74, 6) is -0.841. The molecule has 8 nitrogen and oxygen atoms in total. The van der Waals surface area contributed by atoms with Crippen molar-refractivity contribution in [1.29, 1.82) is 0 Å². The number of benzene rings is 2. The second-order valence-corrected chi connectivity index (χ2v) is 9.56. The maximum absolute atomic E-state index is 12.8. The lowest BCUT2D eigenvalue weighted by Gasteiger charge is -2.16. The van der Waals surface area contributed by atoms with Gasteiger partial charge in [-0.2, -0.15) is 4.31 Å². The van der Waals surface area contributed by atoms with Crippen LogP contribution in [0.15, 0.2) is 70.2 Å². The van der Waals surface area contributed by atoms with Crippen LogP contribution in [-0.2, 0) is 10.0 Å². The minimum Gasteiger partial charge on any atom is -0.459 e. The molecule has 0 saturated carbocycles. The Morgan fingerprint density at radius 2 is 1.59 bits per heavy atom. The number of sulfonamides is 1. The van der Waals surface area contributed by atoms with Gasteiger partial charge in [-0.25, -0.2) is 8.42 Å². The fourth-order valence-electron chi connectivity index (χ4n) is 3.39. The standard InChI is InChI=1S/C22H20ClN3O5S/c23-19-9-8-17(32(29,30)26-10-1-2-11-26)14-18(19)21(27)24-15-5-3-6-16(13-15)25-22(28)20-7-4-12-31-20/h3-9,12-14H,1-2,10-11H2,(H,24,27)(H,25,28). The molecule has 2 heterocycles. The lowest BCUT2D eigenvalue weighted by molar-refractivity contribution is 0.0995. The second-order valence-electron chi connectivity index (χ2n) is 7.22. The summed E-state index contributed by atoms with van der Waals surface area (Å²) in [4.78, 5) is 25.0. The van der Waals surface area contributed by atoms with E-state index in [4.69, 9.17) is 16.0 Å². The normalized spacial score (nSPS) is 14.3. The summed E-state index contributed by atoms with van der Waals surface area (Å²) >= 11 is 6.19. The van der Waals surface area contributed by atoms with E-state index in [-0.39, 0.29) is 21.2 Å². The van der Waals surface area contributed by atoms with Crippen molar-refractivity contribution >= 4 is 44.8 Å². The number of anilines is 2. The van der Waals surface area contributed by atoms with Crippen molar-refractivity contribution in [2.75, 3.05) is 23.7 Å². The SMILES string of the molecule is O=C(Nc1cccc(NC(=O)c2cc(S(=O)(=O)N3CCCC3)ccc2Cl)c1)c1ccco1. The Kier molecular flexibility index (Phi) is 6.31. The molecule has 10 heteroatoms. The van der Waals surface area contributed by atoms with E-state index in [2.05, 4.69) is 10.6 Å². The van der Waals surface area contributed by atoms with Gasteiger partial charge in [0.05, 0.1) is 21.7 Å². The van der Waals surface area contributed by atoms with Gasteiger partial charge in [0.2, 0.25) is 10.0 Å². The molecule has 0 radical (unpaired) electrons. The Balaban J connectivity index is 1.52. The number of hydrogen-bond acceptors (Lipinski definition) is 5. The molecular weight excluding hydrogens is 454 g/mol. The molecule has 1 aromatic heterocycles. The first-order valence-corrected chi connectivity index (χ1v) is 11.7. The summed E-state index contributed by atoms with van der Waals surface area (Å²) in [6, 6.07) is 13.7. The van der Waals surface area contributed by atoms with E-state index in [1.807, 2.05) is 0 Å². The molecule has 4 rings (SSSR count). The molecule has 0 bridgehead atoms. The Bertz CT molecular complexity index is 1250. The summed E-state index contributed by atoms with van der Waals surface area (Å²) in [5, 5.41) is 5.49. The molecule has 3 aromatic rings. The third-order valence-electron chi connectivity index (χ3n) is 5.01. The van der Waals surface area contributed by atoms with Crippen molar-refractivity contribution in [3.05, 3.63) is 77.2 Å². The van der Waals surface area contributed by atoms with Crippen molar-refractivity contribution in [3.63, 3.8) is 0 Å². The molecule has 2 aromatic carbocycles. The first-order valence-electron chi connectivity index (χ1n) is 9.90. The van der Waals surface area contributed by atoms with Crippen LogP contribution >= 0.6 is 11.6 Å². The largest absolute Gasteiger partial charge is 0.459 e. The fourth-order valence-corrected chi connectivity index (χ4v) is 5.14. The van der Waals surface area contributed by atoms with Crippen LogP contribution in [0, 0.1) is 0 Å². The van der Waals surface area contributed by atoms with Crippen molar-refractivity contribution in [2.24, 2.45) is 0 Å². The number of rotatable bonds is 6. The topological polar surface area (TPSA) is 109 Å². The summed E-state index contributed by atoms with van der Waals surface area (Å²) in [6.45, 7) is 0.923. The number of carbonyl (C=O) groups excluding carboxylic acids is 2. The second kappa shape index (κ2) is 9.15. The quantitative estimate of drug-likeness (QED) is 0.557. The van der Waals surface area contributed by atoms with Crippen molar-refractivity contribution < 1.29 is 22.4 Å². The van der Waals surface area contributed by atoms with Crippen LogP contribution < -0.4 is 10.6 Å². The first-order chi connectivity index (χ1) is 15.3. The van der Waals surface area contributed by atoms with Crippen LogP contribution in [0.1, 0.15) is 33.8 Å². The zero-order valence-electron chi connectivity index (χ0n) is 16.9. The van der Waals surface area contributed by atoms with Crippen molar-refractivity contribution in [2.45, 2.75) is 17.7 Å². The van der Waals surface area contributed by atoms with Crippen LogP contribution in [0.2, 0.25) is 5.02 Å². The van der Waals surface area contributed by atoms with Gasteiger partial charge in [-0.05, 0) is 61.4 Å². The third-order valence-corrected chi connectivity index (χ3v) is 7.23.